The third kappa shape index (κ3) is 5.21. The molecule has 2 aliphatic rings. The van der Waals surface area contributed by atoms with Crippen LogP contribution in [0.3, 0.4) is 0 Å². The molecular formula is C27H32FNO4. The Labute approximate surface area is 194 Å². The van der Waals surface area contributed by atoms with E-state index < -0.39 is 17.7 Å². The van der Waals surface area contributed by atoms with Gasteiger partial charge in [0.2, 0.25) is 5.91 Å². The molecule has 0 heterocycles. The zero-order valence-corrected chi connectivity index (χ0v) is 19.3. The number of nitrogens with one attached hydrogen (secondary N) is 1. The summed E-state index contributed by atoms with van der Waals surface area (Å²) in [6.45, 7) is 2.11. The van der Waals surface area contributed by atoms with E-state index in [1.165, 1.54) is 12.7 Å². The Hall–Kier alpha value is -2.89. The Bertz CT molecular complexity index is 956. The number of halogens is 1. The molecular weight excluding hydrogens is 421 g/mol. The highest BCUT2D eigenvalue weighted by Gasteiger charge is 2.43. The monoisotopic (exact) mass is 453 g/mol. The van der Waals surface area contributed by atoms with Crippen LogP contribution in [0.15, 0.2) is 54.6 Å². The van der Waals surface area contributed by atoms with Crippen LogP contribution in [-0.4, -0.2) is 31.3 Å². The average molecular weight is 454 g/mol. The predicted molar refractivity (Wildman–Crippen MR) is 124 cm³/mol. The molecule has 1 N–H and O–H groups in total. The Morgan fingerprint density at radius 1 is 1.09 bits per heavy atom. The van der Waals surface area contributed by atoms with Crippen molar-refractivity contribution in [2.75, 3.05) is 13.7 Å². The molecule has 33 heavy (non-hydrogen) atoms. The summed E-state index contributed by atoms with van der Waals surface area (Å²) in [5.74, 6) is 0.232. The number of alkyl halides is 1. The van der Waals surface area contributed by atoms with Crippen LogP contribution in [0.1, 0.15) is 62.1 Å². The number of hydrogen-bond acceptors (Lipinski definition) is 4. The minimum Gasteiger partial charge on any atom is -0.490 e. The molecule has 3 unspecified atom stereocenters. The van der Waals surface area contributed by atoms with E-state index in [9.17, 15) is 14.0 Å². The van der Waals surface area contributed by atoms with Crippen molar-refractivity contribution in [2.24, 2.45) is 11.8 Å². The molecule has 6 heteroatoms. The predicted octanol–water partition coefficient (Wildman–Crippen LogP) is 5.12. The van der Waals surface area contributed by atoms with Gasteiger partial charge in [0.05, 0.1) is 7.11 Å². The first-order chi connectivity index (χ1) is 15.9. The molecule has 0 aromatic heterocycles. The van der Waals surface area contributed by atoms with E-state index in [0.717, 1.165) is 19.3 Å². The van der Waals surface area contributed by atoms with Crippen LogP contribution in [0, 0.1) is 11.8 Å². The lowest BCUT2D eigenvalue weighted by molar-refractivity contribution is -0.147. The number of carbonyl (C=O) groups is 2. The van der Waals surface area contributed by atoms with Crippen molar-refractivity contribution in [3.05, 3.63) is 65.7 Å². The molecule has 0 saturated heterocycles. The molecule has 0 radical (unpaired) electrons. The molecule has 2 saturated carbocycles. The van der Waals surface area contributed by atoms with Crippen molar-refractivity contribution in [3.8, 4) is 5.75 Å². The summed E-state index contributed by atoms with van der Waals surface area (Å²) in [6.07, 6.45) is 3.61. The number of methoxy groups -OCH3 is 1. The number of carbonyl (C=O) groups excluding carboxylic acids is 2. The quantitative estimate of drug-likeness (QED) is 0.564. The second kappa shape index (κ2) is 9.94. The first kappa shape index (κ1) is 23.3. The summed E-state index contributed by atoms with van der Waals surface area (Å²) >= 11 is 0. The van der Waals surface area contributed by atoms with Crippen molar-refractivity contribution in [3.63, 3.8) is 0 Å². The van der Waals surface area contributed by atoms with Crippen LogP contribution in [0.5, 0.6) is 5.75 Å². The van der Waals surface area contributed by atoms with Gasteiger partial charge in [0.15, 0.2) is 6.04 Å². The topological polar surface area (TPSA) is 64.6 Å². The maximum atomic E-state index is 14.5. The van der Waals surface area contributed by atoms with E-state index in [0.29, 0.717) is 30.1 Å². The third-order valence-corrected chi connectivity index (χ3v) is 7.28. The van der Waals surface area contributed by atoms with E-state index in [2.05, 4.69) is 24.4 Å². The third-order valence-electron chi connectivity index (χ3n) is 7.28. The van der Waals surface area contributed by atoms with E-state index >= 15 is 0 Å². The van der Waals surface area contributed by atoms with E-state index in [1.807, 2.05) is 18.2 Å². The van der Waals surface area contributed by atoms with Crippen LogP contribution >= 0.6 is 0 Å². The first-order valence-corrected chi connectivity index (χ1v) is 11.7. The summed E-state index contributed by atoms with van der Waals surface area (Å²) in [5.41, 5.74) is 0.588. The highest BCUT2D eigenvalue weighted by atomic mass is 19.1. The molecule has 2 aromatic rings. The molecule has 4 atom stereocenters. The molecule has 5 nitrogen and oxygen atoms in total. The van der Waals surface area contributed by atoms with Gasteiger partial charge in [-0.25, -0.2) is 9.18 Å². The minimum absolute atomic E-state index is 0.0334. The molecule has 0 bridgehead atoms. The molecule has 176 valence electrons. The maximum Gasteiger partial charge on any atom is 0.333 e. The Morgan fingerprint density at radius 3 is 2.36 bits per heavy atom. The van der Waals surface area contributed by atoms with Gasteiger partial charge in [-0.2, -0.15) is 0 Å². The fourth-order valence-corrected chi connectivity index (χ4v) is 5.04. The van der Waals surface area contributed by atoms with E-state index in [1.54, 1.807) is 24.3 Å². The van der Waals surface area contributed by atoms with Crippen LogP contribution in [0.4, 0.5) is 4.39 Å². The molecule has 4 rings (SSSR count). The zero-order valence-electron chi connectivity index (χ0n) is 19.3. The lowest BCUT2D eigenvalue weighted by Gasteiger charge is -2.42. The van der Waals surface area contributed by atoms with Gasteiger partial charge in [-0.1, -0.05) is 62.2 Å². The number of ether oxygens (including phenoxy) is 2. The van der Waals surface area contributed by atoms with Crippen molar-refractivity contribution >= 4 is 11.9 Å². The number of amides is 1. The lowest BCUT2D eigenvalue weighted by Crippen LogP contribution is -2.46. The average Bonchev–Trinajstić information content (AvgIpc) is 3.27. The highest BCUT2D eigenvalue weighted by molar-refractivity contribution is 5.87. The second-order valence-electron chi connectivity index (χ2n) is 9.40. The smallest absolute Gasteiger partial charge is 0.333 e. The van der Waals surface area contributed by atoms with Crippen LogP contribution < -0.4 is 10.1 Å². The fourth-order valence-electron chi connectivity index (χ4n) is 5.04. The van der Waals surface area contributed by atoms with Gasteiger partial charge in [-0.15, -0.1) is 0 Å². The molecule has 0 aliphatic heterocycles. The van der Waals surface area contributed by atoms with Crippen molar-refractivity contribution in [2.45, 2.75) is 56.7 Å². The summed E-state index contributed by atoms with van der Waals surface area (Å²) in [6, 6.07) is 16.1. The summed E-state index contributed by atoms with van der Waals surface area (Å²) < 4.78 is 25.1. The van der Waals surface area contributed by atoms with E-state index in [-0.39, 0.29) is 24.3 Å². The molecule has 2 fully saturated rings. The van der Waals surface area contributed by atoms with Crippen molar-refractivity contribution in [1.82, 2.24) is 5.32 Å². The number of rotatable bonds is 8. The normalized spacial score (nSPS) is 24.4. The van der Waals surface area contributed by atoms with Gasteiger partial charge < -0.3 is 14.8 Å². The molecule has 2 aromatic carbocycles. The van der Waals surface area contributed by atoms with Crippen LogP contribution in [0.2, 0.25) is 0 Å². The summed E-state index contributed by atoms with van der Waals surface area (Å²) in [5, 5.41) is 2.88. The van der Waals surface area contributed by atoms with Gasteiger partial charge in [-0.3, -0.25) is 4.79 Å². The van der Waals surface area contributed by atoms with Crippen LogP contribution in [-0.2, 0) is 14.3 Å². The van der Waals surface area contributed by atoms with Crippen molar-refractivity contribution < 1.29 is 23.5 Å². The minimum atomic E-state index is -1.25. The molecule has 2 aliphatic carbocycles. The second-order valence-corrected chi connectivity index (χ2v) is 9.40. The summed E-state index contributed by atoms with van der Waals surface area (Å²) in [4.78, 5) is 25.4. The summed E-state index contributed by atoms with van der Waals surface area (Å²) in [7, 11) is 1.30. The first-order valence-electron chi connectivity index (χ1n) is 11.7. The number of benzene rings is 2. The van der Waals surface area contributed by atoms with Gasteiger partial charge >= 0.3 is 5.97 Å². The van der Waals surface area contributed by atoms with Gasteiger partial charge in [0, 0.05) is 5.92 Å². The largest absolute Gasteiger partial charge is 0.490 e. The lowest BCUT2D eigenvalue weighted by atomic mass is 9.62. The number of esters is 1. The standard InChI is InChI=1S/C27H32FNO4/c1-18-22(19-8-4-3-5-9-19)16-23(18)25(30)29-24(26(31)32-2)20-10-12-21(13-11-20)33-17-27(28)14-6-7-15-27/h3-5,8-13,18,22-24H,6-7,14-17H2,1-2H3,(H,29,30)/t18-,22?,23?,24?/m0/s1. The fraction of sp³-hybridized carbons (Fsp3) is 0.481. The maximum absolute atomic E-state index is 14.5. The number of hydrogen-bond donors (Lipinski definition) is 1. The van der Waals surface area contributed by atoms with Crippen LogP contribution in [0.25, 0.3) is 0 Å². The van der Waals surface area contributed by atoms with Gasteiger partial charge in [0.25, 0.3) is 0 Å². The van der Waals surface area contributed by atoms with Crippen molar-refractivity contribution in [1.29, 1.82) is 0 Å². The molecule has 1 amide bonds. The van der Waals surface area contributed by atoms with Gasteiger partial charge in [0.1, 0.15) is 18.0 Å². The Balaban J connectivity index is 1.38. The van der Waals surface area contributed by atoms with E-state index in [4.69, 9.17) is 9.47 Å². The Kier molecular flexibility index (Phi) is 7.01. The molecule has 0 spiro atoms. The van der Waals surface area contributed by atoms with Gasteiger partial charge in [-0.05, 0) is 54.4 Å². The highest BCUT2D eigenvalue weighted by Crippen LogP contribution is 2.47. The SMILES string of the molecule is COC(=O)C(NC(=O)C1CC(c2ccccc2)[C@@H]1C)c1ccc(OCC2(F)CCCC2)cc1. The zero-order chi connectivity index (χ0) is 23.4. The Morgan fingerprint density at radius 2 is 1.76 bits per heavy atom.